The summed E-state index contributed by atoms with van der Waals surface area (Å²) in [7, 11) is 1.85. The van der Waals surface area contributed by atoms with E-state index in [1.807, 2.05) is 54.9 Å². The van der Waals surface area contributed by atoms with Crippen molar-refractivity contribution in [3.63, 3.8) is 0 Å². The molecule has 4 aromatic rings. The van der Waals surface area contributed by atoms with Crippen LogP contribution in [0.15, 0.2) is 76.5 Å². The van der Waals surface area contributed by atoms with Gasteiger partial charge in [0.1, 0.15) is 16.8 Å². The average Bonchev–Trinajstić information content (AvgIpc) is 3.33. The maximum atomic E-state index is 13.2. The average molecular weight is 422 g/mol. The molecule has 6 nitrogen and oxygen atoms in total. The second-order valence-corrected chi connectivity index (χ2v) is 7.73. The molecule has 2 aromatic carbocycles. The van der Waals surface area contributed by atoms with Crippen LogP contribution in [0.2, 0.25) is 0 Å². The van der Waals surface area contributed by atoms with Crippen LogP contribution in [0.3, 0.4) is 0 Å². The van der Waals surface area contributed by atoms with Crippen molar-refractivity contribution in [2.75, 3.05) is 5.32 Å². The fourth-order valence-electron chi connectivity index (χ4n) is 3.02. The summed E-state index contributed by atoms with van der Waals surface area (Å²) in [5.74, 6) is 0.815. The van der Waals surface area contributed by atoms with E-state index >= 15 is 0 Å². The lowest BCUT2D eigenvalue weighted by Crippen LogP contribution is -2.19. The van der Waals surface area contributed by atoms with Crippen LogP contribution in [0.25, 0.3) is 11.4 Å². The van der Waals surface area contributed by atoms with E-state index in [0.29, 0.717) is 16.7 Å². The lowest BCUT2D eigenvalue weighted by atomic mass is 10.1. The summed E-state index contributed by atoms with van der Waals surface area (Å²) in [6.07, 6.45) is 1.61. The molecular weight excluding hydrogens is 403 g/mol. The highest BCUT2D eigenvalue weighted by Gasteiger charge is 2.26. The van der Waals surface area contributed by atoms with E-state index < -0.39 is 5.25 Å². The van der Waals surface area contributed by atoms with Crippen LogP contribution in [0.1, 0.15) is 16.6 Å². The lowest BCUT2D eigenvalue weighted by molar-refractivity contribution is -0.115. The zero-order chi connectivity index (χ0) is 21.1. The minimum Gasteiger partial charge on any atom is -0.469 e. The molecule has 0 aliphatic rings. The molecule has 4 rings (SSSR count). The molecule has 0 spiro atoms. The monoisotopic (exact) mass is 422 g/mol. The van der Waals surface area contributed by atoms with E-state index in [2.05, 4.69) is 15.5 Å². The number of nitrogens with one attached hydrogen (secondary N) is 1. The first-order valence-corrected chi connectivity index (χ1v) is 10.1. The van der Waals surface area contributed by atoms with E-state index in [4.69, 9.17) is 4.42 Å². The SMILES string of the molecule is Cc1occc1-c1nnc(SC(C(=O)Nc2ccc(F)cc2)c2ccccc2)n1C. The van der Waals surface area contributed by atoms with E-state index in [-0.39, 0.29) is 11.7 Å². The molecule has 2 heterocycles. The maximum absolute atomic E-state index is 13.2. The standard InChI is InChI=1S/C22H19FN4O2S/c1-14-18(12-13-29-14)20-25-26-22(27(20)2)30-19(15-6-4-3-5-7-15)21(28)24-17-10-8-16(23)9-11-17/h3-13,19H,1-2H3,(H,24,28). The number of nitrogens with zero attached hydrogens (tertiary/aromatic N) is 3. The molecule has 2 aromatic heterocycles. The fraction of sp³-hybridized carbons (Fsp3) is 0.136. The highest BCUT2D eigenvalue weighted by Crippen LogP contribution is 2.36. The molecule has 1 N–H and O–H groups in total. The van der Waals surface area contributed by atoms with Gasteiger partial charge in [0.05, 0.1) is 11.8 Å². The van der Waals surface area contributed by atoms with Crippen molar-refractivity contribution in [3.05, 3.63) is 84.1 Å². The zero-order valence-electron chi connectivity index (χ0n) is 16.4. The summed E-state index contributed by atoms with van der Waals surface area (Å²) in [6.45, 7) is 1.86. The topological polar surface area (TPSA) is 72.9 Å². The Morgan fingerprint density at radius 2 is 1.83 bits per heavy atom. The fourth-order valence-corrected chi connectivity index (χ4v) is 4.02. The summed E-state index contributed by atoms with van der Waals surface area (Å²) in [5.41, 5.74) is 2.20. The highest BCUT2D eigenvalue weighted by molar-refractivity contribution is 8.00. The third-order valence-electron chi connectivity index (χ3n) is 4.61. The number of anilines is 1. The van der Waals surface area contributed by atoms with Crippen LogP contribution in [-0.2, 0) is 11.8 Å². The summed E-state index contributed by atoms with van der Waals surface area (Å²) in [6, 6.07) is 16.9. The Bertz CT molecular complexity index is 1160. The largest absolute Gasteiger partial charge is 0.469 e. The van der Waals surface area contributed by atoms with Crippen LogP contribution < -0.4 is 5.32 Å². The minimum atomic E-state index is -0.572. The summed E-state index contributed by atoms with van der Waals surface area (Å²) in [5, 5.41) is 11.4. The van der Waals surface area contributed by atoms with Crippen LogP contribution in [0, 0.1) is 12.7 Å². The summed E-state index contributed by atoms with van der Waals surface area (Å²) < 4.78 is 20.4. The van der Waals surface area contributed by atoms with Crippen LogP contribution >= 0.6 is 11.8 Å². The number of rotatable bonds is 6. The van der Waals surface area contributed by atoms with Gasteiger partial charge >= 0.3 is 0 Å². The molecule has 0 saturated heterocycles. The molecule has 0 fully saturated rings. The van der Waals surface area contributed by atoms with Crippen molar-refractivity contribution < 1.29 is 13.6 Å². The Hall–Kier alpha value is -3.39. The highest BCUT2D eigenvalue weighted by atomic mass is 32.2. The maximum Gasteiger partial charge on any atom is 0.242 e. The van der Waals surface area contributed by atoms with Gasteiger partial charge in [0.15, 0.2) is 11.0 Å². The smallest absolute Gasteiger partial charge is 0.242 e. The molecule has 1 amide bonds. The molecular formula is C22H19FN4O2S. The molecule has 0 bridgehead atoms. The van der Waals surface area contributed by atoms with Gasteiger partial charge in [-0.2, -0.15) is 0 Å². The van der Waals surface area contributed by atoms with Gasteiger partial charge in [-0.1, -0.05) is 42.1 Å². The number of hydrogen-bond donors (Lipinski definition) is 1. The van der Waals surface area contributed by atoms with Crippen LogP contribution in [0.4, 0.5) is 10.1 Å². The number of amides is 1. The van der Waals surface area contributed by atoms with Crippen LogP contribution in [0.5, 0.6) is 0 Å². The van der Waals surface area contributed by atoms with E-state index in [9.17, 15) is 9.18 Å². The predicted molar refractivity (Wildman–Crippen MR) is 114 cm³/mol. The molecule has 0 aliphatic heterocycles. The molecule has 8 heteroatoms. The van der Waals surface area contributed by atoms with Gasteiger partial charge in [0.2, 0.25) is 5.91 Å². The van der Waals surface area contributed by atoms with Crippen LogP contribution in [-0.4, -0.2) is 20.7 Å². The number of aryl methyl sites for hydroxylation is 1. The molecule has 1 atom stereocenters. The first-order chi connectivity index (χ1) is 14.5. The molecule has 1 unspecified atom stereocenters. The number of halogens is 1. The van der Waals surface area contributed by atoms with Crippen molar-refractivity contribution in [2.45, 2.75) is 17.3 Å². The minimum absolute atomic E-state index is 0.234. The van der Waals surface area contributed by atoms with E-state index in [0.717, 1.165) is 16.9 Å². The van der Waals surface area contributed by atoms with Gasteiger partial charge in [-0.05, 0) is 42.8 Å². The third-order valence-corrected chi connectivity index (χ3v) is 5.90. The van der Waals surface area contributed by atoms with Crippen molar-refractivity contribution in [1.82, 2.24) is 14.8 Å². The lowest BCUT2D eigenvalue weighted by Gasteiger charge is -2.16. The van der Waals surface area contributed by atoms with Crippen molar-refractivity contribution in [1.29, 1.82) is 0 Å². The number of aromatic nitrogens is 3. The quantitative estimate of drug-likeness (QED) is 0.443. The van der Waals surface area contributed by atoms with Gasteiger partial charge in [-0.25, -0.2) is 4.39 Å². The molecule has 0 radical (unpaired) electrons. The normalized spacial score (nSPS) is 12.0. The Kier molecular flexibility index (Phi) is 5.67. The van der Waals surface area contributed by atoms with Gasteiger partial charge in [0, 0.05) is 12.7 Å². The first kappa shape index (κ1) is 19.9. The van der Waals surface area contributed by atoms with Crippen molar-refractivity contribution in [3.8, 4) is 11.4 Å². The molecule has 30 heavy (non-hydrogen) atoms. The molecule has 152 valence electrons. The van der Waals surface area contributed by atoms with E-state index in [1.165, 1.54) is 36.0 Å². The van der Waals surface area contributed by atoms with Gasteiger partial charge in [-0.3, -0.25) is 4.79 Å². The zero-order valence-corrected chi connectivity index (χ0v) is 17.2. The first-order valence-electron chi connectivity index (χ1n) is 9.25. The number of furan rings is 1. The number of benzene rings is 2. The summed E-state index contributed by atoms with van der Waals surface area (Å²) >= 11 is 1.30. The Morgan fingerprint density at radius 3 is 2.50 bits per heavy atom. The van der Waals surface area contributed by atoms with Gasteiger partial charge < -0.3 is 14.3 Å². The van der Waals surface area contributed by atoms with Gasteiger partial charge in [-0.15, -0.1) is 10.2 Å². The number of thioether (sulfide) groups is 1. The Labute approximate surface area is 177 Å². The van der Waals surface area contributed by atoms with Crippen molar-refractivity contribution in [2.24, 2.45) is 7.05 Å². The number of hydrogen-bond acceptors (Lipinski definition) is 5. The summed E-state index contributed by atoms with van der Waals surface area (Å²) in [4.78, 5) is 13.1. The third kappa shape index (κ3) is 4.13. The molecule has 0 saturated carbocycles. The molecule has 0 aliphatic carbocycles. The number of carbonyl (C=O) groups is 1. The predicted octanol–water partition coefficient (Wildman–Crippen LogP) is 4.99. The van der Waals surface area contributed by atoms with Crippen molar-refractivity contribution >= 4 is 23.4 Å². The van der Waals surface area contributed by atoms with Gasteiger partial charge in [0.25, 0.3) is 0 Å². The van der Waals surface area contributed by atoms with E-state index in [1.54, 1.807) is 6.26 Å². The Balaban J connectivity index is 1.63. The second-order valence-electron chi connectivity index (χ2n) is 6.66. The number of carbonyl (C=O) groups excluding carboxylic acids is 1. The Morgan fingerprint density at radius 1 is 1.10 bits per heavy atom. The second kappa shape index (κ2) is 8.54.